The van der Waals surface area contributed by atoms with Crippen LogP contribution in [0.5, 0.6) is 0 Å². The van der Waals surface area contributed by atoms with Crippen molar-refractivity contribution in [1.82, 2.24) is 9.80 Å². The number of nitrogens with two attached hydrogens (primary N) is 1. The zero-order valence-corrected chi connectivity index (χ0v) is 63.5. The number of carbonyl (C=O) groups excluding carboxylic acids is 7. The first-order valence-electron chi connectivity index (χ1n) is 31.8. The molecule has 0 aliphatic carbocycles. The topological polar surface area (TPSA) is 291 Å². The molecule has 2 fully saturated rings. The molecule has 106 heavy (non-hydrogen) atoms. The summed E-state index contributed by atoms with van der Waals surface area (Å²) in [6, 6.07) is 45.0. The summed E-state index contributed by atoms with van der Waals surface area (Å²) in [5.41, 5.74) is 24.6. The molecular weight excluding hydrogens is 1470 g/mol. The molecule has 12 rings (SSSR count). The van der Waals surface area contributed by atoms with E-state index in [0.717, 1.165) is 33.6 Å². The van der Waals surface area contributed by atoms with Crippen LogP contribution in [0.25, 0.3) is 14.5 Å². The molecule has 542 valence electrons. The second-order valence-electron chi connectivity index (χ2n) is 25.4. The average Bonchev–Trinajstić information content (AvgIpc) is 1.59. The first-order chi connectivity index (χ1) is 49.8. The van der Waals surface area contributed by atoms with E-state index < -0.39 is 22.6 Å². The number of fused-ring (bicyclic) bond motifs is 2. The van der Waals surface area contributed by atoms with E-state index in [4.69, 9.17) is 100 Å². The highest BCUT2D eigenvalue weighted by Crippen LogP contribution is 2.42. The molecule has 0 radical (unpaired) electrons. The molecule has 4 aliphatic rings. The minimum absolute atomic E-state index is 0. The van der Waals surface area contributed by atoms with E-state index >= 15 is 0 Å². The maximum absolute atomic E-state index is 13.5. The number of hydrogen-bond donors (Lipinski definition) is 4. The number of amides is 6. The van der Waals surface area contributed by atoms with Crippen molar-refractivity contribution in [3.05, 3.63) is 263 Å². The number of nitrogens with zero attached hydrogens (tertiary/aromatic N) is 10. The van der Waals surface area contributed by atoms with Crippen LogP contribution in [0.4, 0.5) is 51.2 Å². The zero-order chi connectivity index (χ0) is 77.3. The lowest BCUT2D eigenvalue weighted by molar-refractivity contribution is -0.144. The Balaban J connectivity index is 0.000000231. The van der Waals surface area contributed by atoms with Gasteiger partial charge in [0.25, 0.3) is 35.4 Å². The first kappa shape index (κ1) is 82.0. The third kappa shape index (κ3) is 16.6. The van der Waals surface area contributed by atoms with E-state index in [9.17, 15) is 33.6 Å². The fourth-order valence-electron chi connectivity index (χ4n) is 11.8. The van der Waals surface area contributed by atoms with E-state index in [1.54, 1.807) is 171 Å². The van der Waals surface area contributed by atoms with E-state index in [1.165, 1.54) is 26.7 Å². The number of isothiocyanates is 1. The highest BCUT2D eigenvalue weighted by atomic mass is 35.5. The largest absolute Gasteiger partial charge is 0.467 e. The lowest BCUT2D eigenvalue weighted by Gasteiger charge is -2.30. The Morgan fingerprint density at radius 2 is 0.915 bits per heavy atom. The first-order valence-corrected chi connectivity index (χ1v) is 34.1. The van der Waals surface area contributed by atoms with Crippen molar-refractivity contribution in [3.8, 4) is 0 Å². The van der Waals surface area contributed by atoms with Gasteiger partial charge >= 0.3 is 5.97 Å². The van der Waals surface area contributed by atoms with Gasteiger partial charge in [-0.1, -0.05) is 95.5 Å². The monoisotopic (exact) mass is 1540 g/mol. The third-order valence-corrected chi connectivity index (χ3v) is 19.2. The number of benzene rings is 8. The number of esters is 1. The molecule has 8 aromatic carbocycles. The summed E-state index contributed by atoms with van der Waals surface area (Å²) in [6.45, 7) is 37.8. The van der Waals surface area contributed by atoms with Crippen LogP contribution in [0, 0.1) is 51.5 Å². The fourth-order valence-corrected chi connectivity index (χ4v) is 13.7. The molecule has 4 heterocycles. The Morgan fingerprint density at radius 1 is 0.566 bits per heavy atom. The van der Waals surface area contributed by atoms with Crippen LogP contribution in [-0.2, 0) is 38.8 Å². The van der Waals surface area contributed by atoms with Crippen LogP contribution < -0.4 is 30.7 Å². The molecular formula is C77H71Cl3N14O9S3. The molecule has 0 unspecified atom stereocenters. The Hall–Kier alpha value is -11.3. The number of hydrogen-bond acceptors (Lipinski definition) is 16. The number of aliphatic imine (C=N–C) groups is 1. The summed E-state index contributed by atoms with van der Waals surface area (Å²) < 4.78 is 4.77. The van der Waals surface area contributed by atoms with Crippen molar-refractivity contribution in [2.45, 2.75) is 98.6 Å². The number of nitrogens with one attached hydrogen (secondary N) is 3. The second kappa shape index (κ2) is 34.1. The minimum Gasteiger partial charge on any atom is -0.467 e. The smallest absolute Gasteiger partial charge is 0.330 e. The van der Waals surface area contributed by atoms with E-state index in [2.05, 4.69) is 42.2 Å². The number of aryl methyl sites for hydroxylation is 3. The summed E-state index contributed by atoms with van der Waals surface area (Å²) in [6.07, 6.45) is 0. The Morgan fingerprint density at radius 3 is 1.25 bits per heavy atom. The number of ether oxygens (including phenoxy) is 1. The molecule has 0 spiro atoms. The highest BCUT2D eigenvalue weighted by Gasteiger charge is 2.52. The molecule has 0 bridgehead atoms. The Kier molecular flexibility index (Phi) is 26.4. The van der Waals surface area contributed by atoms with Crippen LogP contribution in [-0.4, -0.2) is 95.8 Å². The number of anilines is 5. The van der Waals surface area contributed by atoms with Crippen molar-refractivity contribution in [3.63, 3.8) is 0 Å². The van der Waals surface area contributed by atoms with Gasteiger partial charge in [0.15, 0.2) is 27.3 Å². The molecule has 4 aliphatic heterocycles. The minimum atomic E-state index is -1.00. The second-order valence-corrected chi connectivity index (χ2v) is 27.5. The fraction of sp³-hybridized carbons (Fsp3) is 0.208. The molecule has 2 saturated heterocycles. The lowest BCUT2D eigenvalue weighted by Crippen LogP contribution is -2.44. The normalized spacial score (nSPS) is 14.3. The van der Waals surface area contributed by atoms with Gasteiger partial charge in [-0.3, -0.25) is 48.4 Å². The third-order valence-electron chi connectivity index (χ3n) is 17.4. The van der Waals surface area contributed by atoms with Crippen molar-refractivity contribution >= 4 is 179 Å². The molecule has 0 atom stereocenters. The SMILES string of the molecule is COC(=O)C(C)(C)Nc1ccc(CN2C(=O)c3ccccc3C2=O)c(Cl)c1.N=N.O.[C-]#[N+]c1ccc(N2C(=O)C(C)(C)N(c3ccc(CN)c(Cl)c3)C2=S)cc1C.[C-]#[N+]c1ccc(N2C(=O)C(C)(C)N(c3ccc(CN4C(=O)c5ccccc5C4=O)c(Cl)c3)C2=S)cc1C.[C-]#[N+]c1ccc(N=C=S)cc1C.[HH]. The standard InChI is InChI=1S/C28H21ClN4O3S.C20H19ClN4OS.C20H19ClN2O4.C9H6N2S.H2N2.H2O.H2/c1-16-13-18(11-12-23(16)30-4)32-26(36)28(2,3)33(27(32)37)19-10-9-17(22(29)14-19)15-31-24(34)20-7-5-6-8-21(20)25(31)35;1-12-9-14(7-8-17(12)23-4)24-18(26)20(2,3)25(19(24)27)15-6-5-13(11-22)16(21)10-15;1-20(2,19(26)27-3)22-13-9-8-12(16(21)10-13)11-23-17(24)14-6-4-5-7-15(14)18(23)25;1-7-5-8(11-6-12)3-4-9(7)10-2;1-2;;/h5-14H,15H2,1-3H3;5-10H,11,22H2,1-3H3;4-10,22H,11H2,1-3H3;3-5H,1H3;1-2H;1H2;1H. The number of rotatable bonds is 13. The van der Waals surface area contributed by atoms with Gasteiger partial charge < -0.3 is 31.1 Å². The van der Waals surface area contributed by atoms with Crippen molar-refractivity contribution in [2.75, 3.05) is 32.0 Å². The lowest BCUT2D eigenvalue weighted by atomic mass is 10.0. The van der Waals surface area contributed by atoms with Crippen molar-refractivity contribution < 1.29 is 45.2 Å². The molecule has 0 saturated carbocycles. The van der Waals surface area contributed by atoms with Gasteiger partial charge in [0.2, 0.25) is 0 Å². The molecule has 0 aromatic heterocycles. The number of halogens is 3. The maximum atomic E-state index is 13.5. The quantitative estimate of drug-likeness (QED) is 0.0208. The summed E-state index contributed by atoms with van der Waals surface area (Å²) in [7, 11) is 1.32. The Labute approximate surface area is 645 Å². The molecule has 8 aromatic rings. The van der Waals surface area contributed by atoms with Crippen LogP contribution in [0.3, 0.4) is 0 Å². The average molecular weight is 1540 g/mol. The van der Waals surface area contributed by atoms with Crippen LogP contribution >= 0.6 is 71.5 Å². The van der Waals surface area contributed by atoms with Crippen LogP contribution in [0.1, 0.15) is 118 Å². The predicted octanol–water partition coefficient (Wildman–Crippen LogP) is 17.3. The summed E-state index contributed by atoms with van der Waals surface area (Å²) in [5, 5.41) is 7.26. The number of thiocarbonyl (C=S) groups is 3. The van der Waals surface area contributed by atoms with Gasteiger partial charge in [-0.15, -0.1) is 0 Å². The highest BCUT2D eigenvalue weighted by molar-refractivity contribution is 7.81. The number of imide groups is 2. The van der Waals surface area contributed by atoms with Crippen molar-refractivity contribution in [1.29, 1.82) is 11.1 Å². The van der Waals surface area contributed by atoms with Gasteiger partial charge in [0, 0.05) is 51.5 Å². The predicted molar refractivity (Wildman–Crippen MR) is 425 cm³/mol. The summed E-state index contributed by atoms with van der Waals surface area (Å²) >= 11 is 35.2. The summed E-state index contributed by atoms with van der Waals surface area (Å²) in [5.74, 6) is -2.14. The molecule has 7 N–H and O–H groups in total. The van der Waals surface area contributed by atoms with E-state index in [-0.39, 0.29) is 60.5 Å². The van der Waals surface area contributed by atoms with Gasteiger partial charge in [-0.25, -0.2) is 30.4 Å². The molecule has 23 nitrogen and oxygen atoms in total. The number of carbonyl (C=O) groups is 7. The van der Waals surface area contributed by atoms with Gasteiger partial charge in [0.05, 0.1) is 73.0 Å². The summed E-state index contributed by atoms with van der Waals surface area (Å²) in [4.78, 5) is 112. The van der Waals surface area contributed by atoms with Crippen LogP contribution in [0.15, 0.2) is 163 Å². The van der Waals surface area contributed by atoms with E-state index in [1.807, 2.05) is 58.9 Å². The number of methoxy groups -OCH3 is 1. The van der Waals surface area contributed by atoms with Gasteiger partial charge in [-0.2, -0.15) is 4.99 Å². The molecule has 29 heteroatoms. The zero-order valence-electron chi connectivity index (χ0n) is 58.8. The van der Waals surface area contributed by atoms with E-state index in [0.29, 0.717) is 99.9 Å². The Bertz CT molecular complexity index is 5060. The maximum Gasteiger partial charge on any atom is 0.330 e. The van der Waals surface area contributed by atoms with Crippen molar-refractivity contribution in [2.24, 2.45) is 10.7 Å². The van der Waals surface area contributed by atoms with Gasteiger partial charge in [-0.05, 0) is 229 Å². The van der Waals surface area contributed by atoms with Gasteiger partial charge in [0.1, 0.15) is 16.6 Å². The molecule has 6 amide bonds. The van der Waals surface area contributed by atoms with Crippen LogP contribution in [0.2, 0.25) is 15.1 Å².